The summed E-state index contributed by atoms with van der Waals surface area (Å²) in [5.74, 6) is -2.45. The molecule has 0 heterocycles. The maximum atomic E-state index is 11.2. The zero-order chi connectivity index (χ0) is 11.8. The van der Waals surface area contributed by atoms with Crippen molar-refractivity contribution in [2.75, 3.05) is 27.2 Å². The third kappa shape index (κ3) is 4.61. The Bertz CT molecular complexity index is 307. The number of nitrogens with one attached hydrogen (secondary N) is 1. The second-order valence-corrected chi connectivity index (χ2v) is 2.58. The van der Waals surface area contributed by atoms with Crippen molar-refractivity contribution in [2.24, 2.45) is 0 Å². The van der Waals surface area contributed by atoms with Gasteiger partial charge < -0.3 is 15.0 Å². The van der Waals surface area contributed by atoms with Gasteiger partial charge in [-0.1, -0.05) is 0 Å². The van der Waals surface area contributed by atoms with Crippen molar-refractivity contribution in [3.8, 4) is 6.07 Å². The first-order chi connectivity index (χ1) is 7.02. The van der Waals surface area contributed by atoms with Crippen molar-refractivity contribution in [1.29, 1.82) is 5.26 Å². The van der Waals surface area contributed by atoms with E-state index in [1.54, 1.807) is 6.07 Å². The van der Waals surface area contributed by atoms with Crippen LogP contribution in [0, 0.1) is 11.3 Å². The Kier molecular flexibility index (Phi) is 5.48. The Hall–Kier alpha value is -2.10. The van der Waals surface area contributed by atoms with Crippen LogP contribution in [0.25, 0.3) is 0 Å². The van der Waals surface area contributed by atoms with Gasteiger partial charge in [0.2, 0.25) is 0 Å². The molecule has 82 valence electrons. The Balaban J connectivity index is 4.14. The fourth-order valence-electron chi connectivity index (χ4n) is 0.699. The first-order valence-electron chi connectivity index (χ1n) is 4.00. The highest BCUT2D eigenvalue weighted by molar-refractivity contribution is 6.35. The van der Waals surface area contributed by atoms with Crippen LogP contribution in [0.1, 0.15) is 0 Å². The largest absolute Gasteiger partial charge is 0.468 e. The minimum absolute atomic E-state index is 0.253. The molecule has 0 bridgehead atoms. The quantitative estimate of drug-likeness (QED) is 0.340. The Labute approximate surface area is 86.6 Å². The third-order valence-corrected chi connectivity index (χ3v) is 1.46. The van der Waals surface area contributed by atoms with Crippen LogP contribution in [0.2, 0.25) is 0 Å². The van der Waals surface area contributed by atoms with Crippen LogP contribution in [-0.2, 0) is 19.1 Å². The van der Waals surface area contributed by atoms with Crippen LogP contribution < -0.4 is 5.32 Å². The van der Waals surface area contributed by atoms with Crippen molar-refractivity contribution in [3.63, 3.8) is 0 Å². The summed E-state index contributed by atoms with van der Waals surface area (Å²) in [5, 5.41) is 10.2. The number of likely N-dealkylation sites (N-methyl/N-ethyl adjacent to an activating group) is 1. The molecule has 0 aliphatic heterocycles. The maximum Gasteiger partial charge on any atom is 0.325 e. The highest BCUT2D eigenvalue weighted by Crippen LogP contribution is 1.86. The number of carbonyl (C=O) groups excluding carboxylic acids is 3. The molecule has 2 amide bonds. The number of esters is 1. The highest BCUT2D eigenvalue weighted by atomic mass is 16.5. The van der Waals surface area contributed by atoms with E-state index >= 15 is 0 Å². The van der Waals surface area contributed by atoms with E-state index in [0.29, 0.717) is 0 Å². The van der Waals surface area contributed by atoms with E-state index in [1.165, 1.54) is 14.2 Å². The third-order valence-electron chi connectivity index (χ3n) is 1.46. The van der Waals surface area contributed by atoms with E-state index in [4.69, 9.17) is 5.26 Å². The first-order valence-corrected chi connectivity index (χ1v) is 4.00. The van der Waals surface area contributed by atoms with Gasteiger partial charge in [-0.3, -0.25) is 14.4 Å². The monoisotopic (exact) mass is 213 g/mol. The van der Waals surface area contributed by atoms with Crippen molar-refractivity contribution >= 4 is 17.8 Å². The predicted molar refractivity (Wildman–Crippen MR) is 48.3 cm³/mol. The van der Waals surface area contributed by atoms with Crippen LogP contribution in [0.4, 0.5) is 0 Å². The van der Waals surface area contributed by atoms with Crippen LogP contribution in [0.5, 0.6) is 0 Å². The Morgan fingerprint density at radius 2 is 2.07 bits per heavy atom. The van der Waals surface area contributed by atoms with Gasteiger partial charge in [-0.2, -0.15) is 5.26 Å². The molecule has 0 aromatic rings. The molecule has 1 N–H and O–H groups in total. The Morgan fingerprint density at radius 3 is 2.53 bits per heavy atom. The summed E-state index contributed by atoms with van der Waals surface area (Å²) in [6.07, 6.45) is 0. The van der Waals surface area contributed by atoms with Crippen LogP contribution in [-0.4, -0.2) is 49.9 Å². The first kappa shape index (κ1) is 12.9. The van der Waals surface area contributed by atoms with Gasteiger partial charge in [0.1, 0.15) is 13.1 Å². The number of rotatable bonds is 3. The van der Waals surface area contributed by atoms with Gasteiger partial charge in [0, 0.05) is 7.05 Å². The topological polar surface area (TPSA) is 99.5 Å². The molecule has 7 heteroatoms. The molecule has 0 radical (unpaired) electrons. The van der Waals surface area contributed by atoms with Crippen molar-refractivity contribution in [2.45, 2.75) is 0 Å². The van der Waals surface area contributed by atoms with Gasteiger partial charge >= 0.3 is 17.8 Å². The fraction of sp³-hybridized carbons (Fsp3) is 0.500. The number of methoxy groups -OCH3 is 1. The van der Waals surface area contributed by atoms with Crippen LogP contribution in [0.3, 0.4) is 0 Å². The average molecular weight is 213 g/mol. The molecule has 0 rings (SSSR count). The number of amides is 2. The van der Waals surface area contributed by atoms with Gasteiger partial charge in [-0.05, 0) is 0 Å². The smallest absolute Gasteiger partial charge is 0.325 e. The molecule has 0 saturated heterocycles. The van der Waals surface area contributed by atoms with E-state index in [9.17, 15) is 14.4 Å². The van der Waals surface area contributed by atoms with Gasteiger partial charge in [0.15, 0.2) is 0 Å². The Morgan fingerprint density at radius 1 is 1.47 bits per heavy atom. The second-order valence-electron chi connectivity index (χ2n) is 2.58. The number of nitrogens with zero attached hydrogens (tertiary/aromatic N) is 2. The minimum atomic E-state index is -0.928. The lowest BCUT2D eigenvalue weighted by Crippen LogP contribution is -2.43. The maximum absolute atomic E-state index is 11.2. The molecule has 0 aromatic carbocycles. The normalized spacial score (nSPS) is 8.60. The number of nitriles is 1. The summed E-state index contributed by atoms with van der Waals surface area (Å²) in [7, 11) is 2.46. The molecule has 7 nitrogen and oxygen atoms in total. The summed E-state index contributed by atoms with van der Waals surface area (Å²) in [6.45, 7) is -0.564. The number of hydrogen-bond donors (Lipinski definition) is 1. The number of ether oxygens (including phenoxy) is 1. The van der Waals surface area contributed by atoms with Crippen molar-refractivity contribution in [1.82, 2.24) is 10.2 Å². The summed E-state index contributed by atoms with van der Waals surface area (Å²) in [4.78, 5) is 33.9. The lowest BCUT2D eigenvalue weighted by molar-refractivity contribution is -0.150. The van der Waals surface area contributed by atoms with Crippen molar-refractivity contribution in [3.05, 3.63) is 0 Å². The molecule has 0 saturated carbocycles. The van der Waals surface area contributed by atoms with E-state index < -0.39 is 17.8 Å². The molecule has 0 atom stereocenters. The standard InChI is InChI=1S/C8H11N3O4/c1-11(5-6(12)15-2)8(14)7(13)10-4-3-9/h4-5H2,1-2H3,(H,10,13). The molecule has 0 unspecified atom stereocenters. The molecule has 0 aromatic heterocycles. The predicted octanol–water partition coefficient (Wildman–Crippen LogP) is -1.74. The van der Waals surface area contributed by atoms with Crippen LogP contribution in [0.15, 0.2) is 0 Å². The average Bonchev–Trinajstić information content (AvgIpc) is 2.24. The highest BCUT2D eigenvalue weighted by Gasteiger charge is 2.20. The summed E-state index contributed by atoms with van der Waals surface area (Å²) >= 11 is 0. The van der Waals surface area contributed by atoms with E-state index in [1.807, 2.05) is 0 Å². The summed E-state index contributed by atoms with van der Waals surface area (Å²) in [5.41, 5.74) is 0. The summed E-state index contributed by atoms with van der Waals surface area (Å²) in [6, 6.07) is 1.65. The van der Waals surface area contributed by atoms with Crippen molar-refractivity contribution < 1.29 is 19.1 Å². The summed E-state index contributed by atoms with van der Waals surface area (Å²) < 4.78 is 4.32. The van der Waals surface area contributed by atoms with Crippen LogP contribution >= 0.6 is 0 Å². The molecular formula is C8H11N3O4. The zero-order valence-electron chi connectivity index (χ0n) is 8.44. The zero-order valence-corrected chi connectivity index (χ0v) is 8.44. The molecular weight excluding hydrogens is 202 g/mol. The molecule has 15 heavy (non-hydrogen) atoms. The molecule has 0 aliphatic rings. The lowest BCUT2D eigenvalue weighted by Gasteiger charge is -2.14. The fourth-order valence-corrected chi connectivity index (χ4v) is 0.699. The van der Waals surface area contributed by atoms with E-state index in [0.717, 1.165) is 4.90 Å². The number of hydrogen-bond acceptors (Lipinski definition) is 5. The SMILES string of the molecule is COC(=O)CN(C)C(=O)C(=O)NCC#N. The lowest BCUT2D eigenvalue weighted by atomic mass is 10.4. The van der Waals surface area contributed by atoms with E-state index in [2.05, 4.69) is 10.1 Å². The van der Waals surface area contributed by atoms with E-state index in [-0.39, 0.29) is 13.1 Å². The van der Waals surface area contributed by atoms with Gasteiger partial charge in [-0.25, -0.2) is 0 Å². The molecule has 0 aliphatic carbocycles. The second kappa shape index (κ2) is 6.37. The molecule has 0 fully saturated rings. The molecule has 0 spiro atoms. The minimum Gasteiger partial charge on any atom is -0.468 e. The van der Waals surface area contributed by atoms with Gasteiger partial charge in [0.05, 0.1) is 13.2 Å². The number of carbonyl (C=O) groups is 3. The van der Waals surface area contributed by atoms with Gasteiger partial charge in [0.25, 0.3) is 0 Å². The van der Waals surface area contributed by atoms with Gasteiger partial charge in [-0.15, -0.1) is 0 Å².